The molecule has 1 aromatic heterocycles. The SMILES string of the molecule is CCn1nccc1/C=C1/C[C@@H]2[C@H]3CC[C@H]4CCCC[C@]4(C)[C@@H]3CC[C@@]2(C)[C@H]1O. The standard InChI is InChI=1S/C25H38N2O/c1-4-27-19(11-14-26-27)15-17-16-22-20-9-8-18-7-5-6-12-24(18,2)21(20)10-13-25(22,3)23(17)28/h11,14-15,18,20-23,28H,4-10,12-13,16H2,1-3H3/b17-15-/t18-,20+,21-,22-,23+,24+,25-/m1/s1. The molecule has 7 atom stereocenters. The Balaban J connectivity index is 1.46. The fourth-order valence-corrected chi connectivity index (χ4v) is 8.21. The molecule has 4 saturated carbocycles. The zero-order valence-electron chi connectivity index (χ0n) is 18.0. The van der Waals surface area contributed by atoms with Crippen LogP contribution in [0.3, 0.4) is 0 Å². The summed E-state index contributed by atoms with van der Waals surface area (Å²) in [5, 5.41) is 15.8. The van der Waals surface area contributed by atoms with Gasteiger partial charge in [-0.15, -0.1) is 0 Å². The highest BCUT2D eigenvalue weighted by atomic mass is 16.3. The Morgan fingerprint density at radius 1 is 1.11 bits per heavy atom. The van der Waals surface area contributed by atoms with Gasteiger partial charge < -0.3 is 5.11 Å². The average molecular weight is 383 g/mol. The topological polar surface area (TPSA) is 38.0 Å². The molecule has 4 aliphatic rings. The first-order valence-electron chi connectivity index (χ1n) is 11.9. The predicted octanol–water partition coefficient (Wildman–Crippen LogP) is 5.69. The molecular formula is C25H38N2O. The maximum atomic E-state index is 11.4. The first-order valence-corrected chi connectivity index (χ1v) is 11.9. The van der Waals surface area contributed by atoms with E-state index in [4.69, 9.17) is 0 Å². The van der Waals surface area contributed by atoms with E-state index in [1.165, 1.54) is 56.9 Å². The minimum Gasteiger partial charge on any atom is -0.388 e. The van der Waals surface area contributed by atoms with Gasteiger partial charge in [0.2, 0.25) is 0 Å². The van der Waals surface area contributed by atoms with E-state index in [2.05, 4.69) is 38.0 Å². The summed E-state index contributed by atoms with van der Waals surface area (Å²) >= 11 is 0. The second-order valence-corrected chi connectivity index (χ2v) is 10.8. The van der Waals surface area contributed by atoms with Crippen molar-refractivity contribution < 1.29 is 5.11 Å². The highest BCUT2D eigenvalue weighted by Crippen LogP contribution is 2.67. The predicted molar refractivity (Wildman–Crippen MR) is 114 cm³/mol. The van der Waals surface area contributed by atoms with Crippen molar-refractivity contribution >= 4 is 6.08 Å². The van der Waals surface area contributed by atoms with E-state index in [1.807, 2.05) is 10.9 Å². The monoisotopic (exact) mass is 382 g/mol. The third-order valence-electron chi connectivity index (χ3n) is 9.83. The molecule has 4 aliphatic carbocycles. The molecule has 0 saturated heterocycles. The zero-order chi connectivity index (χ0) is 19.5. The summed E-state index contributed by atoms with van der Waals surface area (Å²) < 4.78 is 2.04. The summed E-state index contributed by atoms with van der Waals surface area (Å²) in [6, 6.07) is 2.09. The number of hydrogen-bond acceptors (Lipinski definition) is 2. The third-order valence-corrected chi connectivity index (χ3v) is 9.83. The Morgan fingerprint density at radius 3 is 2.79 bits per heavy atom. The van der Waals surface area contributed by atoms with E-state index in [-0.39, 0.29) is 11.5 Å². The lowest BCUT2D eigenvalue weighted by Gasteiger charge is -2.60. The molecule has 0 bridgehead atoms. The molecular weight excluding hydrogens is 344 g/mol. The average Bonchev–Trinajstić information content (AvgIpc) is 3.24. The van der Waals surface area contributed by atoms with Crippen LogP contribution in [0.1, 0.15) is 84.3 Å². The van der Waals surface area contributed by atoms with Crippen LogP contribution in [0.4, 0.5) is 0 Å². The van der Waals surface area contributed by atoms with Gasteiger partial charge in [-0.2, -0.15) is 5.10 Å². The van der Waals surface area contributed by atoms with Crippen LogP contribution in [0.25, 0.3) is 6.08 Å². The molecule has 4 fully saturated rings. The lowest BCUT2D eigenvalue weighted by molar-refractivity contribution is -0.119. The summed E-state index contributed by atoms with van der Waals surface area (Å²) in [6.45, 7) is 8.05. The summed E-state index contributed by atoms with van der Waals surface area (Å²) in [6.07, 6.45) is 16.1. The van der Waals surface area contributed by atoms with E-state index in [0.29, 0.717) is 11.3 Å². The second kappa shape index (κ2) is 6.72. The van der Waals surface area contributed by atoms with Crippen molar-refractivity contribution in [2.24, 2.45) is 34.5 Å². The van der Waals surface area contributed by atoms with Gasteiger partial charge in [0.1, 0.15) is 0 Å². The Labute approximate surface area is 170 Å². The van der Waals surface area contributed by atoms with Crippen molar-refractivity contribution in [1.29, 1.82) is 0 Å². The molecule has 0 spiro atoms. The quantitative estimate of drug-likeness (QED) is 0.713. The molecule has 1 aromatic rings. The summed E-state index contributed by atoms with van der Waals surface area (Å²) in [5.41, 5.74) is 3.06. The van der Waals surface area contributed by atoms with E-state index in [1.54, 1.807) is 0 Å². The lowest BCUT2D eigenvalue weighted by atomic mass is 9.45. The van der Waals surface area contributed by atoms with Gasteiger partial charge in [0.15, 0.2) is 0 Å². The van der Waals surface area contributed by atoms with Gasteiger partial charge in [-0.05, 0) is 98.7 Å². The van der Waals surface area contributed by atoms with Crippen molar-refractivity contribution in [2.45, 2.75) is 91.2 Å². The third kappa shape index (κ3) is 2.61. The second-order valence-electron chi connectivity index (χ2n) is 10.8. The summed E-state index contributed by atoms with van der Waals surface area (Å²) in [5.74, 6) is 3.32. The highest BCUT2D eigenvalue weighted by Gasteiger charge is 2.60. The smallest absolute Gasteiger partial charge is 0.0810 e. The van der Waals surface area contributed by atoms with Crippen LogP contribution < -0.4 is 0 Å². The number of aromatic nitrogens is 2. The minimum atomic E-state index is -0.282. The summed E-state index contributed by atoms with van der Waals surface area (Å²) in [4.78, 5) is 0. The molecule has 1 N–H and O–H groups in total. The number of aliphatic hydroxyl groups is 1. The van der Waals surface area contributed by atoms with Gasteiger partial charge in [0, 0.05) is 18.2 Å². The van der Waals surface area contributed by atoms with E-state index < -0.39 is 0 Å². The van der Waals surface area contributed by atoms with Gasteiger partial charge in [-0.3, -0.25) is 4.68 Å². The molecule has 0 amide bonds. The van der Waals surface area contributed by atoms with Crippen LogP contribution >= 0.6 is 0 Å². The van der Waals surface area contributed by atoms with Crippen LogP contribution in [0.5, 0.6) is 0 Å². The van der Waals surface area contributed by atoms with Crippen LogP contribution in [0.2, 0.25) is 0 Å². The number of fused-ring (bicyclic) bond motifs is 5. The molecule has 0 aromatic carbocycles. The first-order chi connectivity index (χ1) is 13.5. The molecule has 154 valence electrons. The van der Waals surface area contributed by atoms with Crippen LogP contribution in [0.15, 0.2) is 17.8 Å². The van der Waals surface area contributed by atoms with Crippen molar-refractivity contribution in [3.8, 4) is 0 Å². The fraction of sp³-hybridized carbons (Fsp3) is 0.800. The Bertz CT molecular complexity index is 766. The Hall–Kier alpha value is -1.09. The van der Waals surface area contributed by atoms with E-state index >= 15 is 0 Å². The molecule has 3 nitrogen and oxygen atoms in total. The zero-order valence-corrected chi connectivity index (χ0v) is 18.0. The number of hydrogen-bond donors (Lipinski definition) is 1. The normalized spacial score (nSPS) is 46.9. The molecule has 3 heteroatoms. The number of aryl methyl sites for hydroxylation is 1. The molecule has 5 rings (SSSR count). The van der Waals surface area contributed by atoms with Crippen LogP contribution in [-0.4, -0.2) is 21.0 Å². The first kappa shape index (κ1) is 18.9. The molecule has 0 unspecified atom stereocenters. The van der Waals surface area contributed by atoms with Gasteiger partial charge in [0.05, 0.1) is 11.8 Å². The van der Waals surface area contributed by atoms with Crippen molar-refractivity contribution in [3.05, 3.63) is 23.5 Å². The van der Waals surface area contributed by atoms with Crippen LogP contribution in [-0.2, 0) is 6.54 Å². The largest absolute Gasteiger partial charge is 0.388 e. The lowest BCUT2D eigenvalue weighted by Crippen LogP contribution is -2.53. The van der Waals surface area contributed by atoms with Gasteiger partial charge in [-0.25, -0.2) is 0 Å². The van der Waals surface area contributed by atoms with E-state index in [9.17, 15) is 5.11 Å². The summed E-state index contributed by atoms with van der Waals surface area (Å²) in [7, 11) is 0. The van der Waals surface area contributed by atoms with Gasteiger partial charge in [-0.1, -0.05) is 26.7 Å². The van der Waals surface area contributed by atoms with Gasteiger partial charge in [0.25, 0.3) is 0 Å². The number of aliphatic hydroxyl groups excluding tert-OH is 1. The molecule has 28 heavy (non-hydrogen) atoms. The highest BCUT2D eigenvalue weighted by molar-refractivity contribution is 5.52. The number of nitrogens with zero attached hydrogens (tertiary/aromatic N) is 2. The van der Waals surface area contributed by atoms with Crippen LogP contribution in [0, 0.1) is 34.5 Å². The maximum Gasteiger partial charge on any atom is 0.0810 e. The molecule has 1 heterocycles. The Morgan fingerprint density at radius 2 is 1.96 bits per heavy atom. The Kier molecular flexibility index (Phi) is 4.54. The van der Waals surface area contributed by atoms with Gasteiger partial charge >= 0.3 is 0 Å². The molecule has 0 aliphatic heterocycles. The van der Waals surface area contributed by atoms with Crippen molar-refractivity contribution in [1.82, 2.24) is 9.78 Å². The maximum absolute atomic E-state index is 11.4. The number of rotatable bonds is 2. The van der Waals surface area contributed by atoms with Crippen molar-refractivity contribution in [2.75, 3.05) is 0 Å². The molecule has 0 radical (unpaired) electrons. The minimum absolute atomic E-state index is 0.0714. The van der Waals surface area contributed by atoms with E-state index in [0.717, 1.165) is 36.4 Å². The fourth-order valence-electron chi connectivity index (χ4n) is 8.21. The van der Waals surface area contributed by atoms with Crippen molar-refractivity contribution in [3.63, 3.8) is 0 Å².